The van der Waals surface area contributed by atoms with Crippen LogP contribution in [0, 0.1) is 17.0 Å². The molecule has 0 atom stereocenters. The molecule has 0 fully saturated rings. The van der Waals surface area contributed by atoms with Gasteiger partial charge in [-0.05, 0) is 30.7 Å². The van der Waals surface area contributed by atoms with E-state index in [-0.39, 0.29) is 11.6 Å². The van der Waals surface area contributed by atoms with Crippen LogP contribution in [0.3, 0.4) is 0 Å². The number of benzene rings is 3. The fourth-order valence-electron chi connectivity index (χ4n) is 3.22. The first kappa shape index (κ1) is 19.5. The highest BCUT2D eigenvalue weighted by Gasteiger charge is 2.17. The van der Waals surface area contributed by atoms with E-state index in [1.165, 1.54) is 12.1 Å². The van der Waals surface area contributed by atoms with Crippen molar-refractivity contribution in [3.8, 4) is 11.3 Å². The lowest BCUT2D eigenvalue weighted by molar-refractivity contribution is -0.384. The van der Waals surface area contributed by atoms with Crippen LogP contribution in [0.5, 0.6) is 0 Å². The summed E-state index contributed by atoms with van der Waals surface area (Å²) in [7, 11) is 0. The summed E-state index contributed by atoms with van der Waals surface area (Å²) in [6.45, 7) is 1.78. The van der Waals surface area contributed by atoms with Crippen LogP contribution in [-0.2, 0) is 0 Å². The molecule has 1 heterocycles. The lowest BCUT2D eigenvalue weighted by atomic mass is 10.0. The number of carbonyl (C=O) groups is 1. The van der Waals surface area contributed by atoms with Crippen molar-refractivity contribution in [1.82, 2.24) is 4.98 Å². The van der Waals surface area contributed by atoms with Crippen LogP contribution in [-0.4, -0.2) is 15.8 Å². The molecule has 30 heavy (non-hydrogen) atoms. The zero-order valence-corrected chi connectivity index (χ0v) is 16.7. The van der Waals surface area contributed by atoms with E-state index in [2.05, 4.69) is 10.3 Å². The number of para-hydroxylation sites is 1. The van der Waals surface area contributed by atoms with Crippen molar-refractivity contribution in [2.24, 2.45) is 0 Å². The molecule has 3 aromatic carbocycles. The van der Waals surface area contributed by atoms with E-state index < -0.39 is 4.92 Å². The average molecular weight is 418 g/mol. The summed E-state index contributed by atoms with van der Waals surface area (Å²) in [6, 6.07) is 20.6. The number of non-ortho nitro benzene ring substituents is 1. The number of nitrogens with zero attached hydrogens (tertiary/aromatic N) is 2. The molecule has 0 saturated heterocycles. The Labute approximate surface area is 177 Å². The highest BCUT2D eigenvalue weighted by molar-refractivity contribution is 6.33. The van der Waals surface area contributed by atoms with Crippen LogP contribution in [0.4, 0.5) is 11.4 Å². The second kappa shape index (κ2) is 7.93. The van der Waals surface area contributed by atoms with Gasteiger partial charge in [0.25, 0.3) is 11.6 Å². The first-order valence-corrected chi connectivity index (χ1v) is 9.53. The number of aromatic nitrogens is 1. The third-order valence-corrected chi connectivity index (χ3v) is 5.12. The minimum atomic E-state index is -0.494. The Morgan fingerprint density at radius 2 is 1.77 bits per heavy atom. The number of nitro benzene ring substituents is 1. The molecule has 1 N–H and O–H groups in total. The third kappa shape index (κ3) is 3.73. The van der Waals surface area contributed by atoms with E-state index in [9.17, 15) is 14.9 Å². The van der Waals surface area contributed by atoms with Gasteiger partial charge in [-0.15, -0.1) is 0 Å². The second-order valence-electron chi connectivity index (χ2n) is 6.76. The van der Waals surface area contributed by atoms with E-state index in [4.69, 9.17) is 11.6 Å². The van der Waals surface area contributed by atoms with Gasteiger partial charge in [0.05, 0.1) is 27.4 Å². The molecule has 0 saturated carbocycles. The topological polar surface area (TPSA) is 85.1 Å². The summed E-state index contributed by atoms with van der Waals surface area (Å²) in [6.07, 6.45) is 0. The maximum atomic E-state index is 13.2. The van der Waals surface area contributed by atoms with Crippen molar-refractivity contribution < 1.29 is 9.72 Å². The number of halogens is 1. The maximum absolute atomic E-state index is 13.2. The highest BCUT2D eigenvalue weighted by Crippen LogP contribution is 2.30. The molecule has 0 aliphatic carbocycles. The molecule has 1 amide bonds. The number of amides is 1. The summed E-state index contributed by atoms with van der Waals surface area (Å²) < 4.78 is 0. The van der Waals surface area contributed by atoms with E-state index in [1.54, 1.807) is 25.1 Å². The summed E-state index contributed by atoms with van der Waals surface area (Å²) in [5.41, 5.74) is 3.35. The van der Waals surface area contributed by atoms with Gasteiger partial charge < -0.3 is 5.32 Å². The Bertz CT molecular complexity index is 1300. The highest BCUT2D eigenvalue weighted by atomic mass is 35.5. The van der Waals surface area contributed by atoms with Gasteiger partial charge in [0, 0.05) is 28.1 Å². The number of fused-ring (bicyclic) bond motifs is 1. The normalized spacial score (nSPS) is 10.7. The van der Waals surface area contributed by atoms with Crippen LogP contribution in [0.1, 0.15) is 15.9 Å². The minimum absolute atomic E-state index is 0.0905. The Balaban J connectivity index is 1.82. The summed E-state index contributed by atoms with van der Waals surface area (Å²) >= 11 is 6.34. The zero-order valence-electron chi connectivity index (χ0n) is 15.9. The molecule has 6 nitrogen and oxygen atoms in total. The minimum Gasteiger partial charge on any atom is -0.321 e. The first-order chi connectivity index (χ1) is 14.4. The van der Waals surface area contributed by atoms with Crippen molar-refractivity contribution in [3.63, 3.8) is 0 Å². The molecular weight excluding hydrogens is 402 g/mol. The fraction of sp³-hybridized carbons (Fsp3) is 0.0435. The van der Waals surface area contributed by atoms with E-state index >= 15 is 0 Å². The molecule has 1 aromatic heterocycles. The van der Waals surface area contributed by atoms with Crippen LogP contribution in [0.25, 0.3) is 22.2 Å². The molecule has 7 heteroatoms. The van der Waals surface area contributed by atoms with Gasteiger partial charge in [-0.3, -0.25) is 14.9 Å². The van der Waals surface area contributed by atoms with Crippen LogP contribution < -0.4 is 5.32 Å². The second-order valence-corrected chi connectivity index (χ2v) is 7.17. The smallest absolute Gasteiger partial charge is 0.271 e. The quantitative estimate of drug-likeness (QED) is 0.324. The van der Waals surface area contributed by atoms with Gasteiger partial charge in [0.15, 0.2) is 0 Å². The number of nitrogens with one attached hydrogen (secondary N) is 1. The maximum Gasteiger partial charge on any atom is 0.271 e. The number of rotatable bonds is 4. The van der Waals surface area contributed by atoms with Crippen molar-refractivity contribution in [2.45, 2.75) is 6.92 Å². The lowest BCUT2D eigenvalue weighted by Gasteiger charge is -2.12. The van der Waals surface area contributed by atoms with Crippen molar-refractivity contribution in [3.05, 3.63) is 99.1 Å². The number of hydrogen-bond donors (Lipinski definition) is 1. The zero-order chi connectivity index (χ0) is 21.3. The number of carbonyl (C=O) groups excluding carboxylic acids is 1. The largest absolute Gasteiger partial charge is 0.321 e. The number of anilines is 1. The number of nitro groups is 1. The van der Waals surface area contributed by atoms with Gasteiger partial charge in [0.1, 0.15) is 0 Å². The van der Waals surface area contributed by atoms with E-state index in [0.717, 1.165) is 5.56 Å². The van der Waals surface area contributed by atoms with Crippen LogP contribution >= 0.6 is 11.6 Å². The Kier molecular flexibility index (Phi) is 5.16. The fourth-order valence-corrected chi connectivity index (χ4v) is 3.45. The lowest BCUT2D eigenvalue weighted by Crippen LogP contribution is -2.14. The SMILES string of the molecule is Cc1ccc([N+](=O)[O-])cc1NC(=O)c1cc(-c2ccccc2Cl)nc2ccccc12. The molecule has 0 spiro atoms. The van der Waals surface area contributed by atoms with Gasteiger partial charge in [-0.25, -0.2) is 4.98 Å². The molecule has 0 radical (unpaired) electrons. The predicted molar refractivity (Wildman–Crippen MR) is 118 cm³/mol. The molecule has 0 aliphatic rings. The molecule has 0 bridgehead atoms. The summed E-state index contributed by atoms with van der Waals surface area (Å²) in [5, 5.41) is 15.1. The summed E-state index contributed by atoms with van der Waals surface area (Å²) in [4.78, 5) is 28.5. The van der Waals surface area contributed by atoms with E-state index in [1.807, 2.05) is 42.5 Å². The van der Waals surface area contributed by atoms with Gasteiger partial charge >= 0.3 is 0 Å². The molecule has 0 aliphatic heterocycles. The Morgan fingerprint density at radius 1 is 1.03 bits per heavy atom. The number of hydrogen-bond acceptors (Lipinski definition) is 4. The molecule has 0 unspecified atom stereocenters. The first-order valence-electron chi connectivity index (χ1n) is 9.15. The predicted octanol–water partition coefficient (Wildman–Crippen LogP) is 6.02. The Morgan fingerprint density at radius 3 is 2.53 bits per heavy atom. The van der Waals surface area contributed by atoms with E-state index in [0.29, 0.717) is 38.4 Å². The molecule has 4 aromatic rings. The van der Waals surface area contributed by atoms with Crippen molar-refractivity contribution >= 4 is 39.8 Å². The van der Waals surface area contributed by atoms with Crippen LogP contribution in [0.15, 0.2) is 72.8 Å². The average Bonchev–Trinajstić information content (AvgIpc) is 2.74. The third-order valence-electron chi connectivity index (χ3n) is 4.79. The monoisotopic (exact) mass is 417 g/mol. The standard InChI is InChI=1S/C23H16ClN3O3/c1-14-10-11-15(27(29)30)12-21(14)26-23(28)18-13-22(17-7-2-4-8-19(17)24)25-20-9-5-3-6-16(18)20/h2-13H,1H3,(H,26,28). The number of aryl methyl sites for hydroxylation is 1. The molecular formula is C23H16ClN3O3. The van der Waals surface area contributed by atoms with Crippen molar-refractivity contribution in [2.75, 3.05) is 5.32 Å². The van der Waals surface area contributed by atoms with Crippen LogP contribution in [0.2, 0.25) is 5.02 Å². The molecule has 4 rings (SSSR count). The Hall–Kier alpha value is -3.77. The molecule has 148 valence electrons. The van der Waals surface area contributed by atoms with Gasteiger partial charge in [-0.1, -0.05) is 54.1 Å². The van der Waals surface area contributed by atoms with Gasteiger partial charge in [0.2, 0.25) is 0 Å². The van der Waals surface area contributed by atoms with Crippen molar-refractivity contribution in [1.29, 1.82) is 0 Å². The van der Waals surface area contributed by atoms with Gasteiger partial charge in [-0.2, -0.15) is 0 Å². The number of pyridine rings is 1. The summed E-state index contributed by atoms with van der Waals surface area (Å²) in [5.74, 6) is -0.384.